The van der Waals surface area contributed by atoms with Crippen LogP contribution < -0.4 is 25.9 Å². The maximum atomic E-state index is 14.4. The van der Waals surface area contributed by atoms with Crippen molar-refractivity contribution in [1.29, 1.82) is 0 Å². The molecule has 1 amide bonds. The molecule has 226 valence electrons. The second-order valence-electron chi connectivity index (χ2n) is 10.7. The highest BCUT2D eigenvalue weighted by atomic mass is 19.4. The van der Waals surface area contributed by atoms with E-state index in [1.54, 1.807) is 30.9 Å². The lowest BCUT2D eigenvalue weighted by molar-refractivity contribution is -0.137. The predicted octanol–water partition coefficient (Wildman–Crippen LogP) is 4.09. The molecule has 43 heavy (non-hydrogen) atoms. The molecule has 4 heterocycles. The Hall–Kier alpha value is -4.43. The highest BCUT2D eigenvalue weighted by Crippen LogP contribution is 2.36. The topological polar surface area (TPSA) is 103 Å². The van der Waals surface area contributed by atoms with Gasteiger partial charge in [0.25, 0.3) is 11.7 Å². The van der Waals surface area contributed by atoms with Crippen LogP contribution in [0, 0.1) is 12.7 Å². The van der Waals surface area contributed by atoms with Crippen LogP contribution in [0.5, 0.6) is 0 Å². The van der Waals surface area contributed by atoms with Gasteiger partial charge in [-0.2, -0.15) is 13.2 Å². The molecule has 1 saturated heterocycles. The number of hydrogen-bond donors (Lipinski definition) is 3. The lowest BCUT2D eigenvalue weighted by Gasteiger charge is -2.33. The van der Waals surface area contributed by atoms with Gasteiger partial charge >= 0.3 is 6.18 Å². The number of anilines is 4. The third kappa shape index (κ3) is 5.92. The third-order valence-electron chi connectivity index (χ3n) is 7.34. The Bertz CT molecular complexity index is 1560. The lowest BCUT2D eigenvalue weighted by atomic mass is 10.1. The van der Waals surface area contributed by atoms with E-state index in [-0.39, 0.29) is 29.7 Å². The van der Waals surface area contributed by atoms with Gasteiger partial charge in [-0.3, -0.25) is 10.2 Å². The number of nitrogens with one attached hydrogen (secondary N) is 3. The van der Waals surface area contributed by atoms with E-state index in [2.05, 4.69) is 26.1 Å². The smallest absolute Gasteiger partial charge is 0.417 e. The number of aryl methyl sites for hydroxylation is 1. The van der Waals surface area contributed by atoms with Crippen molar-refractivity contribution < 1.29 is 31.8 Å². The number of nitrogens with zero attached hydrogens (tertiary/aromatic N) is 4. The van der Waals surface area contributed by atoms with Gasteiger partial charge in [0.05, 0.1) is 35.8 Å². The molecule has 2 atom stereocenters. The first-order valence-electron chi connectivity index (χ1n) is 13.7. The number of ether oxygens (including phenoxy) is 2. The molecule has 3 aliphatic heterocycles. The molecule has 10 nitrogen and oxygen atoms in total. The van der Waals surface area contributed by atoms with Crippen molar-refractivity contribution in [3.05, 3.63) is 77.4 Å². The number of rotatable bonds is 5. The molecule has 1 fully saturated rings. The zero-order valence-electron chi connectivity index (χ0n) is 23.3. The summed E-state index contributed by atoms with van der Waals surface area (Å²) in [5.74, 6) is -2.26. The number of carbonyl (C=O) groups is 1. The average Bonchev–Trinajstić information content (AvgIpc) is 3.29. The van der Waals surface area contributed by atoms with Crippen molar-refractivity contribution in [2.75, 3.05) is 48.0 Å². The van der Waals surface area contributed by atoms with Crippen molar-refractivity contribution >= 4 is 34.6 Å². The number of hydrogen-bond acceptors (Lipinski definition) is 9. The summed E-state index contributed by atoms with van der Waals surface area (Å²) >= 11 is 0. The third-order valence-corrected chi connectivity index (χ3v) is 7.34. The van der Waals surface area contributed by atoms with Crippen molar-refractivity contribution in [2.24, 2.45) is 5.10 Å². The first kappa shape index (κ1) is 28.7. The van der Waals surface area contributed by atoms with E-state index in [1.807, 2.05) is 23.1 Å². The Labute approximate surface area is 244 Å². The van der Waals surface area contributed by atoms with Gasteiger partial charge in [-0.05, 0) is 48.9 Å². The number of alkyl halides is 3. The summed E-state index contributed by atoms with van der Waals surface area (Å²) in [5.41, 5.74) is 4.75. The van der Waals surface area contributed by atoms with Gasteiger partial charge in [0.2, 0.25) is 5.91 Å². The van der Waals surface area contributed by atoms with Gasteiger partial charge in [0.15, 0.2) is 0 Å². The number of morpholine rings is 1. The van der Waals surface area contributed by atoms with Crippen LogP contribution in [0.25, 0.3) is 0 Å². The quantitative estimate of drug-likeness (QED) is 0.377. The summed E-state index contributed by atoms with van der Waals surface area (Å²) in [4.78, 5) is 21.1. The molecule has 1 aromatic heterocycles. The molecule has 6 rings (SSSR count). The summed E-state index contributed by atoms with van der Waals surface area (Å²) in [6.45, 7) is 4.91. The molecule has 0 spiro atoms. The fourth-order valence-electron chi connectivity index (χ4n) is 5.34. The number of halogens is 4. The monoisotopic (exact) mass is 599 g/mol. The number of benzene rings is 2. The van der Waals surface area contributed by atoms with Crippen LogP contribution in [0.3, 0.4) is 0 Å². The van der Waals surface area contributed by atoms with Crippen molar-refractivity contribution in [2.45, 2.75) is 31.9 Å². The fourth-order valence-corrected chi connectivity index (χ4v) is 5.34. The lowest BCUT2D eigenvalue weighted by Crippen LogP contribution is -2.60. The van der Waals surface area contributed by atoms with E-state index in [9.17, 15) is 22.4 Å². The number of amides is 1. The average molecular weight is 600 g/mol. The molecule has 0 bridgehead atoms. The number of carbonyl (C=O) groups excluding carboxylic acids is 1. The van der Waals surface area contributed by atoms with E-state index >= 15 is 0 Å². The largest absolute Gasteiger partial charge is 0.433 e. The molecule has 3 aromatic rings. The molecular weight excluding hydrogens is 570 g/mol. The summed E-state index contributed by atoms with van der Waals surface area (Å²) < 4.78 is 66.6. The Morgan fingerprint density at radius 2 is 1.86 bits per heavy atom. The summed E-state index contributed by atoms with van der Waals surface area (Å²) in [6.07, 6.45) is -3.85. The minimum absolute atomic E-state index is 0.0415. The van der Waals surface area contributed by atoms with E-state index < -0.39 is 29.4 Å². The van der Waals surface area contributed by atoms with Crippen LogP contribution >= 0.6 is 0 Å². The van der Waals surface area contributed by atoms with Gasteiger partial charge in [-0.15, -0.1) is 5.10 Å². The molecule has 3 aliphatic rings. The molecule has 3 N–H and O–H groups in total. The van der Waals surface area contributed by atoms with Gasteiger partial charge in [0.1, 0.15) is 17.6 Å². The van der Waals surface area contributed by atoms with E-state index in [4.69, 9.17) is 9.47 Å². The molecule has 1 unspecified atom stereocenters. The van der Waals surface area contributed by atoms with Crippen molar-refractivity contribution in [3.63, 3.8) is 0 Å². The summed E-state index contributed by atoms with van der Waals surface area (Å²) in [6, 6.07) is 12.0. The fraction of sp³-hybridized carbons (Fsp3) is 0.345. The Morgan fingerprint density at radius 1 is 1.09 bits per heavy atom. The Balaban J connectivity index is 1.27. The summed E-state index contributed by atoms with van der Waals surface area (Å²) in [5, 5.41) is 10.3. The molecule has 0 radical (unpaired) electrons. The molecule has 0 saturated carbocycles. The standard InChI is InChI=1S/C29H29F4N7O3/c1-17-11-19(30)14-20(12-17)40-16-22(26(41)35-21-5-3-4-6-23(21)40)36-28(2)38-37-27(43-28)25-24(39-7-9-42-10-8-39)13-18(15-34-25)29(31,32)33/h3-6,11-15,22,36,38H,7-10,16H2,1-2H3,(H,35,41)/t22-,28?/m0/s1. The second-order valence-corrected chi connectivity index (χ2v) is 10.7. The van der Waals surface area contributed by atoms with Crippen LogP contribution in [0.1, 0.15) is 23.7 Å². The SMILES string of the molecule is Cc1cc(F)cc(N2C[C@H](NC3(C)NN=C(c4ncc(C(F)(F)F)cc4N4CCOCC4)O3)C(=O)Nc3ccccc32)c1. The van der Waals surface area contributed by atoms with Gasteiger partial charge in [-0.1, -0.05) is 12.1 Å². The zero-order chi connectivity index (χ0) is 30.4. The van der Waals surface area contributed by atoms with Crippen molar-refractivity contribution in [3.8, 4) is 0 Å². The van der Waals surface area contributed by atoms with E-state index in [0.29, 0.717) is 48.9 Å². The number of para-hydroxylation sites is 2. The number of hydrazone groups is 1. The zero-order valence-corrected chi connectivity index (χ0v) is 23.3. The minimum atomic E-state index is -4.59. The first-order chi connectivity index (χ1) is 20.5. The molecule has 0 aliphatic carbocycles. The highest BCUT2D eigenvalue weighted by molar-refractivity contribution is 6.01. The van der Waals surface area contributed by atoms with Gasteiger partial charge < -0.3 is 24.6 Å². The van der Waals surface area contributed by atoms with Crippen LogP contribution in [0.4, 0.5) is 40.3 Å². The maximum absolute atomic E-state index is 14.4. The molecular formula is C29H29F4N7O3. The second kappa shape index (κ2) is 11.0. The van der Waals surface area contributed by atoms with Gasteiger partial charge in [0, 0.05) is 38.4 Å². The predicted molar refractivity (Wildman–Crippen MR) is 152 cm³/mol. The van der Waals surface area contributed by atoms with Gasteiger partial charge in [-0.25, -0.2) is 14.7 Å². The Morgan fingerprint density at radius 3 is 2.60 bits per heavy atom. The normalized spacial score (nSPS) is 22.2. The van der Waals surface area contributed by atoms with Crippen molar-refractivity contribution in [1.82, 2.24) is 15.7 Å². The van der Waals surface area contributed by atoms with Crippen LogP contribution in [-0.2, 0) is 20.4 Å². The van der Waals surface area contributed by atoms with Crippen LogP contribution in [0.15, 0.2) is 59.8 Å². The van der Waals surface area contributed by atoms with E-state index in [1.165, 1.54) is 12.1 Å². The maximum Gasteiger partial charge on any atom is 0.417 e. The highest BCUT2D eigenvalue weighted by Gasteiger charge is 2.41. The van der Waals surface area contributed by atoms with E-state index in [0.717, 1.165) is 12.3 Å². The van der Waals surface area contributed by atoms with Crippen LogP contribution in [-0.4, -0.2) is 61.5 Å². The number of fused-ring (bicyclic) bond motifs is 1. The molecule has 14 heteroatoms. The van der Waals surface area contributed by atoms with Crippen LogP contribution in [0.2, 0.25) is 0 Å². The molecule has 2 aromatic carbocycles. The number of pyridine rings is 1. The summed E-state index contributed by atoms with van der Waals surface area (Å²) in [7, 11) is 0. The Kier molecular flexibility index (Phi) is 7.34. The minimum Gasteiger partial charge on any atom is -0.433 e. The number of aromatic nitrogens is 1. The first-order valence-corrected chi connectivity index (χ1v) is 13.7.